The van der Waals surface area contributed by atoms with Crippen LogP contribution in [0.1, 0.15) is 26.7 Å². The van der Waals surface area contributed by atoms with Crippen molar-refractivity contribution < 1.29 is 19.0 Å². The third-order valence-corrected chi connectivity index (χ3v) is 5.79. The molecule has 1 atom stereocenters. The van der Waals surface area contributed by atoms with Crippen LogP contribution < -0.4 is 9.47 Å². The van der Waals surface area contributed by atoms with Gasteiger partial charge in [0, 0.05) is 17.3 Å². The maximum atomic E-state index is 12.5. The van der Waals surface area contributed by atoms with Gasteiger partial charge in [-0.1, -0.05) is 43.3 Å². The van der Waals surface area contributed by atoms with Gasteiger partial charge in [0.2, 0.25) is 0 Å². The van der Waals surface area contributed by atoms with E-state index in [1.165, 1.54) is 11.8 Å². The largest absolute Gasteiger partial charge is 0.497 e. The van der Waals surface area contributed by atoms with E-state index >= 15 is 0 Å². The summed E-state index contributed by atoms with van der Waals surface area (Å²) in [6.07, 6.45) is 1.55. The van der Waals surface area contributed by atoms with Crippen LogP contribution in [0.3, 0.4) is 0 Å². The van der Waals surface area contributed by atoms with Gasteiger partial charge in [0.25, 0.3) is 0 Å². The summed E-state index contributed by atoms with van der Waals surface area (Å²) in [4.78, 5) is 12.5. The molecule has 3 rings (SSSR count). The molecule has 1 heterocycles. The minimum absolute atomic E-state index is 0.235. The van der Waals surface area contributed by atoms with Gasteiger partial charge in [0.05, 0.1) is 20.8 Å². The van der Waals surface area contributed by atoms with E-state index in [2.05, 4.69) is 10.2 Å². The Labute approximate surface area is 186 Å². The molecule has 0 spiro atoms. The zero-order valence-electron chi connectivity index (χ0n) is 18.2. The third-order valence-electron chi connectivity index (χ3n) is 4.61. The summed E-state index contributed by atoms with van der Waals surface area (Å²) in [5, 5.41) is 9.15. The van der Waals surface area contributed by atoms with E-state index in [0.717, 1.165) is 17.7 Å². The SMILES string of the molecule is CCC[C@H](Sc1nnc(-c2cc(OC)cc(OC)c2)n1-c1ccccc1)C(=O)OCC. The summed E-state index contributed by atoms with van der Waals surface area (Å²) >= 11 is 1.37. The third kappa shape index (κ3) is 5.38. The van der Waals surface area contributed by atoms with E-state index in [0.29, 0.717) is 35.5 Å². The van der Waals surface area contributed by atoms with Crippen LogP contribution in [-0.4, -0.2) is 46.8 Å². The van der Waals surface area contributed by atoms with Gasteiger partial charge in [-0.05, 0) is 37.6 Å². The first-order valence-corrected chi connectivity index (χ1v) is 11.1. The number of rotatable bonds is 10. The number of benzene rings is 2. The molecular weight excluding hydrogens is 414 g/mol. The van der Waals surface area contributed by atoms with Crippen molar-refractivity contribution in [3.8, 4) is 28.6 Å². The minimum atomic E-state index is -0.357. The second kappa shape index (κ2) is 10.9. The lowest BCUT2D eigenvalue weighted by molar-refractivity contribution is -0.142. The van der Waals surface area contributed by atoms with Crippen LogP contribution in [0.15, 0.2) is 53.7 Å². The Bertz CT molecular complexity index is 985. The van der Waals surface area contributed by atoms with E-state index in [-0.39, 0.29) is 11.2 Å². The molecule has 0 amide bonds. The molecule has 0 aliphatic carbocycles. The highest BCUT2D eigenvalue weighted by molar-refractivity contribution is 8.00. The fourth-order valence-electron chi connectivity index (χ4n) is 3.13. The van der Waals surface area contributed by atoms with Gasteiger partial charge in [0.15, 0.2) is 11.0 Å². The molecule has 8 heteroatoms. The number of carbonyl (C=O) groups is 1. The summed E-state index contributed by atoms with van der Waals surface area (Å²) in [5.41, 5.74) is 1.69. The highest BCUT2D eigenvalue weighted by Gasteiger charge is 2.25. The number of hydrogen-bond acceptors (Lipinski definition) is 7. The quantitative estimate of drug-likeness (QED) is 0.331. The summed E-state index contributed by atoms with van der Waals surface area (Å²) in [6, 6.07) is 15.4. The predicted octanol–water partition coefficient (Wildman–Crippen LogP) is 4.78. The molecule has 0 N–H and O–H groups in total. The molecule has 0 unspecified atom stereocenters. The van der Waals surface area contributed by atoms with Crippen LogP contribution in [0, 0.1) is 0 Å². The molecule has 0 aliphatic rings. The van der Waals surface area contributed by atoms with E-state index in [4.69, 9.17) is 14.2 Å². The highest BCUT2D eigenvalue weighted by atomic mass is 32.2. The molecule has 164 valence electrons. The van der Waals surface area contributed by atoms with Crippen LogP contribution >= 0.6 is 11.8 Å². The number of nitrogens with zero attached hydrogens (tertiary/aromatic N) is 3. The average Bonchev–Trinajstić information content (AvgIpc) is 3.22. The average molecular weight is 442 g/mol. The minimum Gasteiger partial charge on any atom is -0.497 e. The fourth-order valence-corrected chi connectivity index (χ4v) is 4.29. The van der Waals surface area contributed by atoms with Crippen molar-refractivity contribution >= 4 is 17.7 Å². The molecule has 0 saturated carbocycles. The fraction of sp³-hybridized carbons (Fsp3) is 0.348. The van der Waals surface area contributed by atoms with E-state index in [9.17, 15) is 4.79 Å². The lowest BCUT2D eigenvalue weighted by atomic mass is 10.2. The second-order valence-corrected chi connectivity index (χ2v) is 7.90. The first-order chi connectivity index (χ1) is 15.1. The number of thioether (sulfide) groups is 1. The molecule has 0 radical (unpaired) electrons. The van der Waals surface area contributed by atoms with Crippen molar-refractivity contribution in [2.45, 2.75) is 37.1 Å². The monoisotopic (exact) mass is 441 g/mol. The standard InChI is InChI=1S/C23H27N3O4S/c1-5-10-20(22(27)30-6-2)31-23-25-24-21(26(23)17-11-8-7-9-12-17)16-13-18(28-3)15-19(14-16)29-4/h7-9,11-15,20H,5-6,10H2,1-4H3/t20-/m0/s1. The van der Waals surface area contributed by atoms with Gasteiger partial charge >= 0.3 is 5.97 Å². The molecular formula is C23H27N3O4S. The van der Waals surface area contributed by atoms with Crippen LogP contribution in [0.25, 0.3) is 17.1 Å². The van der Waals surface area contributed by atoms with Crippen LogP contribution in [0.4, 0.5) is 0 Å². The summed E-state index contributed by atoms with van der Waals surface area (Å²) in [7, 11) is 3.22. The zero-order valence-corrected chi connectivity index (χ0v) is 19.0. The molecule has 7 nitrogen and oxygen atoms in total. The van der Waals surface area contributed by atoms with Gasteiger partial charge in [-0.25, -0.2) is 0 Å². The topological polar surface area (TPSA) is 75.5 Å². The Balaban J connectivity index is 2.10. The lowest BCUT2D eigenvalue weighted by Gasteiger charge is -2.16. The first-order valence-electron chi connectivity index (χ1n) is 10.2. The van der Waals surface area contributed by atoms with E-state index in [1.807, 2.05) is 60.9 Å². The molecule has 0 aliphatic heterocycles. The number of aromatic nitrogens is 3. The molecule has 0 saturated heterocycles. The van der Waals surface area contributed by atoms with E-state index < -0.39 is 0 Å². The Morgan fingerprint density at radius 1 is 1.03 bits per heavy atom. The van der Waals surface area contributed by atoms with E-state index in [1.54, 1.807) is 20.3 Å². The number of esters is 1. The molecule has 0 fully saturated rings. The number of para-hydroxylation sites is 1. The van der Waals surface area contributed by atoms with Crippen LogP contribution in [0.2, 0.25) is 0 Å². The van der Waals surface area contributed by atoms with Crippen molar-refractivity contribution in [1.82, 2.24) is 14.8 Å². The normalized spacial score (nSPS) is 11.7. The molecule has 1 aromatic heterocycles. The second-order valence-electron chi connectivity index (χ2n) is 6.73. The van der Waals surface area contributed by atoms with Crippen molar-refractivity contribution in [1.29, 1.82) is 0 Å². The molecule has 31 heavy (non-hydrogen) atoms. The summed E-state index contributed by atoms with van der Waals surface area (Å²) < 4.78 is 18.1. The zero-order chi connectivity index (χ0) is 22.2. The number of hydrogen-bond donors (Lipinski definition) is 0. The van der Waals surface area contributed by atoms with Gasteiger partial charge in [-0.15, -0.1) is 10.2 Å². The highest BCUT2D eigenvalue weighted by Crippen LogP contribution is 2.34. The maximum Gasteiger partial charge on any atom is 0.319 e. The van der Waals surface area contributed by atoms with Crippen molar-refractivity contribution in [2.24, 2.45) is 0 Å². The van der Waals surface area contributed by atoms with Gasteiger partial charge in [-0.3, -0.25) is 9.36 Å². The number of methoxy groups -OCH3 is 2. The molecule has 3 aromatic rings. The summed E-state index contributed by atoms with van der Waals surface area (Å²) in [5.74, 6) is 1.70. The smallest absolute Gasteiger partial charge is 0.319 e. The first kappa shape index (κ1) is 22.7. The Hall–Kier alpha value is -3.00. The summed E-state index contributed by atoms with van der Waals surface area (Å²) in [6.45, 7) is 4.20. The van der Waals surface area contributed by atoms with Gasteiger partial charge in [-0.2, -0.15) is 0 Å². The van der Waals surface area contributed by atoms with Gasteiger partial charge in [0.1, 0.15) is 16.7 Å². The van der Waals surface area contributed by atoms with Crippen LogP contribution in [0.5, 0.6) is 11.5 Å². The van der Waals surface area contributed by atoms with Crippen molar-refractivity contribution in [2.75, 3.05) is 20.8 Å². The molecule has 2 aromatic carbocycles. The van der Waals surface area contributed by atoms with Crippen molar-refractivity contribution in [3.63, 3.8) is 0 Å². The maximum absolute atomic E-state index is 12.5. The lowest BCUT2D eigenvalue weighted by Crippen LogP contribution is -2.20. The van der Waals surface area contributed by atoms with Crippen LogP contribution in [-0.2, 0) is 9.53 Å². The Kier molecular flexibility index (Phi) is 7.94. The van der Waals surface area contributed by atoms with Crippen molar-refractivity contribution in [3.05, 3.63) is 48.5 Å². The van der Waals surface area contributed by atoms with Gasteiger partial charge < -0.3 is 14.2 Å². The Morgan fingerprint density at radius 2 is 1.71 bits per heavy atom. The molecule has 0 bridgehead atoms. The number of carbonyl (C=O) groups excluding carboxylic acids is 1. The number of ether oxygens (including phenoxy) is 3. The Morgan fingerprint density at radius 3 is 2.29 bits per heavy atom. The predicted molar refractivity (Wildman–Crippen MR) is 121 cm³/mol.